The summed E-state index contributed by atoms with van der Waals surface area (Å²) in [6.07, 6.45) is 0.499. The van der Waals surface area contributed by atoms with E-state index in [1.807, 2.05) is 12.1 Å². The van der Waals surface area contributed by atoms with Crippen molar-refractivity contribution in [1.82, 2.24) is 9.62 Å². The van der Waals surface area contributed by atoms with Crippen LogP contribution in [0.3, 0.4) is 0 Å². The Bertz CT molecular complexity index is 812. The number of hydrogen-bond donors (Lipinski definition) is 2. The third-order valence-corrected chi connectivity index (χ3v) is 6.23. The molecule has 1 aromatic carbocycles. The second-order valence-electron chi connectivity index (χ2n) is 7.92. The highest BCUT2D eigenvalue weighted by molar-refractivity contribution is 7.88. The summed E-state index contributed by atoms with van der Waals surface area (Å²) in [6.45, 7) is 3.17. The maximum atomic E-state index is 11.3. The lowest BCUT2D eigenvalue weighted by molar-refractivity contribution is -0.192. The highest BCUT2D eigenvalue weighted by Crippen LogP contribution is 2.49. The van der Waals surface area contributed by atoms with Crippen molar-refractivity contribution < 1.29 is 36.2 Å². The number of alkyl halides is 3. The zero-order chi connectivity index (χ0) is 22.6. The molecule has 0 unspecified atom stereocenters. The predicted octanol–water partition coefficient (Wildman–Crippen LogP) is 2.62. The topological polar surface area (TPSA) is 95.9 Å². The molecule has 1 aromatic rings. The Balaban J connectivity index is 0.000000396. The monoisotopic (exact) mass is 452 g/mol. The van der Waals surface area contributed by atoms with E-state index in [0.29, 0.717) is 5.41 Å². The van der Waals surface area contributed by atoms with Crippen LogP contribution in [0.5, 0.6) is 5.75 Å². The third-order valence-electron chi connectivity index (χ3n) is 5.46. The lowest BCUT2D eigenvalue weighted by Crippen LogP contribution is -2.54. The Morgan fingerprint density at radius 1 is 1.23 bits per heavy atom. The molecule has 7 nitrogen and oxygen atoms in total. The van der Waals surface area contributed by atoms with Gasteiger partial charge in [0.15, 0.2) is 0 Å². The number of carbonyl (C=O) groups is 1. The summed E-state index contributed by atoms with van der Waals surface area (Å²) in [6, 6.07) is 8.41. The Morgan fingerprint density at radius 2 is 1.73 bits per heavy atom. The van der Waals surface area contributed by atoms with Crippen molar-refractivity contribution in [2.75, 3.05) is 26.5 Å². The molecule has 2 N–H and O–H groups in total. The molecule has 1 aliphatic heterocycles. The molecule has 1 saturated carbocycles. The number of piperidine rings is 1. The van der Waals surface area contributed by atoms with Crippen LogP contribution in [0.4, 0.5) is 13.2 Å². The first-order chi connectivity index (χ1) is 13.8. The van der Waals surface area contributed by atoms with Crippen LogP contribution in [0, 0.1) is 5.41 Å². The van der Waals surface area contributed by atoms with Gasteiger partial charge < -0.3 is 9.84 Å². The minimum absolute atomic E-state index is 0.151. The summed E-state index contributed by atoms with van der Waals surface area (Å²) in [5.41, 5.74) is 1.69. The first-order valence-electron chi connectivity index (χ1n) is 9.45. The number of halogens is 3. The van der Waals surface area contributed by atoms with Crippen LogP contribution in [0.25, 0.3) is 0 Å². The summed E-state index contributed by atoms with van der Waals surface area (Å²) in [5, 5.41) is 7.12. The van der Waals surface area contributed by atoms with E-state index in [1.165, 1.54) is 24.7 Å². The number of methoxy groups -OCH3 is 1. The quantitative estimate of drug-likeness (QED) is 0.713. The first kappa shape index (κ1) is 24.4. The molecule has 1 saturated heterocycles. The van der Waals surface area contributed by atoms with E-state index >= 15 is 0 Å². The molecule has 170 valence electrons. The van der Waals surface area contributed by atoms with Crippen LogP contribution in [0.2, 0.25) is 0 Å². The maximum absolute atomic E-state index is 11.3. The van der Waals surface area contributed by atoms with E-state index < -0.39 is 22.2 Å². The van der Waals surface area contributed by atoms with Crippen molar-refractivity contribution in [3.05, 3.63) is 29.8 Å². The minimum atomic E-state index is -5.08. The normalized spacial score (nSPS) is 19.5. The molecular weight excluding hydrogens is 425 g/mol. The number of sulfonamides is 1. The molecule has 1 heterocycles. The number of rotatable bonds is 5. The van der Waals surface area contributed by atoms with Crippen molar-refractivity contribution in [2.24, 2.45) is 5.41 Å². The minimum Gasteiger partial charge on any atom is -0.497 e. The van der Waals surface area contributed by atoms with Crippen LogP contribution in [0.15, 0.2) is 24.3 Å². The van der Waals surface area contributed by atoms with Crippen LogP contribution < -0.4 is 9.46 Å². The number of ether oxygens (including phenoxy) is 1. The van der Waals surface area contributed by atoms with Crippen molar-refractivity contribution in [1.29, 1.82) is 0 Å². The smallest absolute Gasteiger partial charge is 0.490 e. The SMILES string of the molecule is COc1ccc(CN2CCC3(CC2)CC(NS(C)(=O)=O)C3)cc1.O=C(O)C(F)(F)F. The predicted molar refractivity (Wildman–Crippen MR) is 105 cm³/mol. The highest BCUT2D eigenvalue weighted by Gasteiger charge is 2.46. The Labute approximate surface area is 174 Å². The van der Waals surface area contributed by atoms with E-state index in [2.05, 4.69) is 21.8 Å². The van der Waals surface area contributed by atoms with E-state index in [9.17, 15) is 21.6 Å². The number of carboxylic acids is 1. The summed E-state index contributed by atoms with van der Waals surface area (Å²) in [4.78, 5) is 11.4. The molecule has 1 aliphatic carbocycles. The van der Waals surface area contributed by atoms with Crippen LogP contribution in [-0.2, 0) is 21.4 Å². The largest absolute Gasteiger partial charge is 0.497 e. The van der Waals surface area contributed by atoms with Crippen LogP contribution in [0.1, 0.15) is 31.2 Å². The zero-order valence-corrected chi connectivity index (χ0v) is 17.7. The van der Waals surface area contributed by atoms with Crippen molar-refractivity contribution in [3.8, 4) is 5.75 Å². The van der Waals surface area contributed by atoms with Gasteiger partial charge in [0.05, 0.1) is 13.4 Å². The molecule has 3 rings (SSSR count). The van der Waals surface area contributed by atoms with Crippen molar-refractivity contribution in [3.63, 3.8) is 0 Å². The molecule has 11 heteroatoms. The van der Waals surface area contributed by atoms with Gasteiger partial charge in [0.2, 0.25) is 10.0 Å². The van der Waals surface area contributed by atoms with Gasteiger partial charge in [0.25, 0.3) is 0 Å². The molecule has 30 heavy (non-hydrogen) atoms. The Kier molecular flexibility index (Phi) is 7.75. The molecule has 2 fully saturated rings. The average Bonchev–Trinajstić information content (AvgIpc) is 2.61. The summed E-state index contributed by atoms with van der Waals surface area (Å²) in [7, 11) is -1.38. The van der Waals surface area contributed by atoms with E-state index in [4.69, 9.17) is 14.6 Å². The van der Waals surface area contributed by atoms with Gasteiger partial charge in [0.1, 0.15) is 5.75 Å². The maximum Gasteiger partial charge on any atom is 0.490 e. The second-order valence-corrected chi connectivity index (χ2v) is 9.70. The lowest BCUT2D eigenvalue weighted by Gasteiger charge is -2.52. The van der Waals surface area contributed by atoms with Gasteiger partial charge in [-0.05, 0) is 61.9 Å². The highest BCUT2D eigenvalue weighted by atomic mass is 32.2. The number of aliphatic carboxylic acids is 1. The second kappa shape index (κ2) is 9.52. The summed E-state index contributed by atoms with van der Waals surface area (Å²) < 4.78 is 62.2. The van der Waals surface area contributed by atoms with Gasteiger partial charge in [0, 0.05) is 12.6 Å². The standard InChI is InChI=1S/C17H26N2O3S.C2HF3O2/c1-22-16-5-3-14(4-6-16)13-19-9-7-17(8-10-19)11-15(12-17)18-23(2,20)21;3-2(4,5)1(6)7/h3-6,15,18H,7-13H2,1-2H3;(H,6,7). The number of carboxylic acid groups (broad SMARTS) is 1. The van der Waals surface area contributed by atoms with Gasteiger partial charge >= 0.3 is 12.1 Å². The molecule has 1 spiro atoms. The Morgan fingerprint density at radius 3 is 2.13 bits per heavy atom. The molecular formula is C19H27F3N2O5S. The molecule has 0 aromatic heterocycles. The molecule has 0 bridgehead atoms. The number of likely N-dealkylation sites (tertiary alicyclic amines) is 1. The third kappa shape index (κ3) is 7.44. The van der Waals surface area contributed by atoms with Crippen LogP contribution >= 0.6 is 0 Å². The van der Waals surface area contributed by atoms with Gasteiger partial charge in [-0.3, -0.25) is 4.90 Å². The molecule has 0 amide bonds. The van der Waals surface area contributed by atoms with Gasteiger partial charge in [-0.2, -0.15) is 13.2 Å². The van der Waals surface area contributed by atoms with Gasteiger partial charge in [-0.1, -0.05) is 12.1 Å². The lowest BCUT2D eigenvalue weighted by atomic mass is 9.60. The fourth-order valence-corrected chi connectivity index (χ4v) is 4.73. The molecule has 0 radical (unpaired) electrons. The van der Waals surface area contributed by atoms with Crippen molar-refractivity contribution >= 4 is 16.0 Å². The van der Waals surface area contributed by atoms with E-state index in [1.54, 1.807) is 7.11 Å². The van der Waals surface area contributed by atoms with Gasteiger partial charge in [-0.25, -0.2) is 17.9 Å². The Hall–Kier alpha value is -1.85. The number of nitrogens with one attached hydrogen (secondary N) is 1. The first-order valence-corrected chi connectivity index (χ1v) is 11.3. The van der Waals surface area contributed by atoms with E-state index in [-0.39, 0.29) is 6.04 Å². The van der Waals surface area contributed by atoms with Gasteiger partial charge in [-0.15, -0.1) is 0 Å². The number of benzene rings is 1. The van der Waals surface area contributed by atoms with Crippen LogP contribution in [-0.4, -0.2) is 63.1 Å². The number of nitrogens with zero attached hydrogens (tertiary/aromatic N) is 1. The van der Waals surface area contributed by atoms with E-state index in [0.717, 1.165) is 38.2 Å². The molecule has 2 aliphatic rings. The fourth-order valence-electron chi connectivity index (χ4n) is 3.95. The number of hydrogen-bond acceptors (Lipinski definition) is 5. The summed E-state index contributed by atoms with van der Waals surface area (Å²) >= 11 is 0. The zero-order valence-electron chi connectivity index (χ0n) is 16.9. The average molecular weight is 452 g/mol. The molecule has 0 atom stereocenters. The fraction of sp³-hybridized carbons (Fsp3) is 0.632. The summed E-state index contributed by atoms with van der Waals surface area (Å²) in [5.74, 6) is -1.86. The van der Waals surface area contributed by atoms with Crippen molar-refractivity contribution in [2.45, 2.75) is 44.4 Å².